The topological polar surface area (TPSA) is 51.5 Å². The molecule has 2 rings (SSSR count). The summed E-state index contributed by atoms with van der Waals surface area (Å²) in [6.07, 6.45) is -9.28. The van der Waals surface area contributed by atoms with Gasteiger partial charge in [0.25, 0.3) is 0 Å². The Labute approximate surface area is 136 Å². The van der Waals surface area contributed by atoms with Crippen LogP contribution in [0.25, 0.3) is 0 Å². The molecule has 1 aromatic rings. The minimum atomic E-state index is -5.08. The van der Waals surface area contributed by atoms with Crippen molar-refractivity contribution < 1.29 is 44.9 Å². The van der Waals surface area contributed by atoms with Crippen molar-refractivity contribution in [2.45, 2.75) is 25.3 Å². The summed E-state index contributed by atoms with van der Waals surface area (Å²) >= 11 is 0. The van der Waals surface area contributed by atoms with Gasteiger partial charge in [-0.3, -0.25) is 0 Å². The van der Waals surface area contributed by atoms with Crippen molar-refractivity contribution >= 4 is 0 Å². The minimum Gasteiger partial charge on any atom is -0.352 e. The molecule has 138 valence electrons. The SMILES string of the molecule is CC1OCOCOC(c2c(F)c(F)c(C#N)c(F)c2F)C1C(F)(F)F. The van der Waals surface area contributed by atoms with Gasteiger partial charge in [0.1, 0.15) is 37.2 Å². The van der Waals surface area contributed by atoms with Crippen LogP contribution in [0.4, 0.5) is 30.7 Å². The molecule has 0 bridgehead atoms. The van der Waals surface area contributed by atoms with Crippen LogP contribution in [0.15, 0.2) is 0 Å². The number of hydrogen-bond donors (Lipinski definition) is 0. The van der Waals surface area contributed by atoms with Crippen molar-refractivity contribution in [3.63, 3.8) is 0 Å². The van der Waals surface area contributed by atoms with Crippen molar-refractivity contribution in [2.24, 2.45) is 5.92 Å². The summed E-state index contributed by atoms with van der Waals surface area (Å²) in [6.45, 7) is -0.511. The quantitative estimate of drug-likeness (QED) is 0.557. The summed E-state index contributed by atoms with van der Waals surface area (Å²) in [7, 11) is 0. The molecular weight excluding hydrogens is 363 g/mol. The number of hydrogen-bond acceptors (Lipinski definition) is 4. The van der Waals surface area contributed by atoms with Crippen LogP contribution in [0.1, 0.15) is 24.2 Å². The minimum absolute atomic E-state index is 0.582. The van der Waals surface area contributed by atoms with Gasteiger partial charge in [-0.15, -0.1) is 0 Å². The van der Waals surface area contributed by atoms with E-state index < -0.39 is 72.3 Å². The van der Waals surface area contributed by atoms with E-state index in [1.54, 1.807) is 0 Å². The van der Waals surface area contributed by atoms with Gasteiger partial charge < -0.3 is 14.2 Å². The Morgan fingerprint density at radius 3 is 1.96 bits per heavy atom. The average Bonchev–Trinajstić information content (AvgIpc) is 2.49. The maximum atomic E-state index is 14.1. The van der Waals surface area contributed by atoms with Crippen LogP contribution in [-0.4, -0.2) is 25.9 Å². The van der Waals surface area contributed by atoms with E-state index in [-0.39, 0.29) is 0 Å². The van der Waals surface area contributed by atoms with E-state index in [9.17, 15) is 30.7 Å². The second-order valence-electron chi connectivity index (χ2n) is 5.12. The number of halogens is 7. The predicted molar refractivity (Wildman–Crippen MR) is 65.7 cm³/mol. The van der Waals surface area contributed by atoms with Crippen LogP contribution in [0.5, 0.6) is 0 Å². The molecule has 0 N–H and O–H groups in total. The molecule has 0 saturated carbocycles. The van der Waals surface area contributed by atoms with E-state index >= 15 is 0 Å². The molecule has 0 radical (unpaired) electrons. The number of benzene rings is 1. The molecule has 1 aliphatic heterocycles. The first-order valence-corrected chi connectivity index (χ1v) is 6.74. The number of nitrogens with zero attached hydrogens (tertiary/aromatic N) is 1. The maximum Gasteiger partial charge on any atom is 0.397 e. The Morgan fingerprint density at radius 1 is 0.960 bits per heavy atom. The highest BCUT2D eigenvalue weighted by Crippen LogP contribution is 2.44. The van der Waals surface area contributed by atoms with Crippen LogP contribution in [0.2, 0.25) is 0 Å². The molecule has 1 aliphatic rings. The maximum absolute atomic E-state index is 14.1. The van der Waals surface area contributed by atoms with Gasteiger partial charge in [0.15, 0.2) is 23.3 Å². The van der Waals surface area contributed by atoms with E-state index in [1.807, 2.05) is 0 Å². The standard InChI is InChI=1S/C14H10F7NO3/c1-5-8(14(19,20)21)13(25-4-23-3-24-5)7-11(17)9(15)6(2-22)10(16)12(7)18/h5,8,13H,3-4H2,1H3. The summed E-state index contributed by atoms with van der Waals surface area (Å²) in [5, 5.41) is 8.54. The zero-order valence-corrected chi connectivity index (χ0v) is 12.5. The second-order valence-corrected chi connectivity index (χ2v) is 5.12. The predicted octanol–water partition coefficient (Wildman–Crippen LogP) is 3.70. The Balaban J connectivity index is 2.69. The molecule has 0 aromatic heterocycles. The van der Waals surface area contributed by atoms with E-state index in [2.05, 4.69) is 4.74 Å². The summed E-state index contributed by atoms with van der Waals surface area (Å²) < 4.78 is 110. The molecule has 3 unspecified atom stereocenters. The molecule has 1 heterocycles. The summed E-state index contributed by atoms with van der Waals surface area (Å²) in [6, 6.07) is 0.905. The second kappa shape index (κ2) is 7.15. The van der Waals surface area contributed by atoms with Crippen molar-refractivity contribution in [1.82, 2.24) is 0 Å². The Hall–Kier alpha value is -1.90. The zero-order chi connectivity index (χ0) is 18.9. The van der Waals surface area contributed by atoms with Crippen LogP contribution in [0, 0.1) is 40.5 Å². The molecule has 0 spiro atoms. The fourth-order valence-corrected chi connectivity index (χ4v) is 2.46. The highest BCUT2D eigenvalue weighted by atomic mass is 19.4. The molecule has 1 fully saturated rings. The summed E-state index contributed by atoms with van der Waals surface area (Å²) in [5.74, 6) is -11.2. The van der Waals surface area contributed by atoms with Crippen LogP contribution < -0.4 is 0 Å². The van der Waals surface area contributed by atoms with Crippen molar-refractivity contribution in [1.29, 1.82) is 5.26 Å². The Kier molecular flexibility index (Phi) is 5.55. The average molecular weight is 373 g/mol. The van der Waals surface area contributed by atoms with Crippen molar-refractivity contribution in [3.8, 4) is 6.07 Å². The highest BCUT2D eigenvalue weighted by molar-refractivity contribution is 5.39. The third-order valence-corrected chi connectivity index (χ3v) is 3.65. The number of rotatable bonds is 1. The van der Waals surface area contributed by atoms with E-state index in [0.717, 1.165) is 13.0 Å². The Bertz CT molecular complexity index is 672. The smallest absolute Gasteiger partial charge is 0.352 e. The Morgan fingerprint density at radius 2 is 1.48 bits per heavy atom. The molecule has 1 aromatic carbocycles. The van der Waals surface area contributed by atoms with E-state index in [4.69, 9.17) is 14.7 Å². The first-order chi connectivity index (χ1) is 11.6. The monoisotopic (exact) mass is 373 g/mol. The first-order valence-electron chi connectivity index (χ1n) is 6.74. The highest BCUT2D eigenvalue weighted by Gasteiger charge is 2.52. The van der Waals surface area contributed by atoms with Gasteiger partial charge >= 0.3 is 6.18 Å². The lowest BCUT2D eigenvalue weighted by molar-refractivity contribution is -0.287. The van der Waals surface area contributed by atoms with E-state index in [0.29, 0.717) is 0 Å². The first kappa shape index (κ1) is 19.4. The lowest BCUT2D eigenvalue weighted by Crippen LogP contribution is -2.42. The molecular formula is C14H10F7NO3. The largest absolute Gasteiger partial charge is 0.397 e. The molecule has 0 amide bonds. The molecule has 4 nitrogen and oxygen atoms in total. The molecule has 0 aliphatic carbocycles. The van der Waals surface area contributed by atoms with Crippen LogP contribution >= 0.6 is 0 Å². The number of nitriles is 1. The van der Waals surface area contributed by atoms with Crippen molar-refractivity contribution in [3.05, 3.63) is 34.4 Å². The normalized spacial score (nSPS) is 25.2. The van der Waals surface area contributed by atoms with Crippen LogP contribution in [-0.2, 0) is 14.2 Å². The van der Waals surface area contributed by atoms with Crippen LogP contribution in [0.3, 0.4) is 0 Å². The fourth-order valence-electron chi connectivity index (χ4n) is 2.46. The molecule has 25 heavy (non-hydrogen) atoms. The lowest BCUT2D eigenvalue weighted by atomic mass is 9.89. The molecule has 11 heteroatoms. The number of ether oxygens (including phenoxy) is 3. The third-order valence-electron chi connectivity index (χ3n) is 3.65. The number of alkyl halides is 3. The van der Waals surface area contributed by atoms with Gasteiger partial charge in [0.05, 0.1) is 11.7 Å². The van der Waals surface area contributed by atoms with Gasteiger partial charge in [-0.1, -0.05) is 0 Å². The van der Waals surface area contributed by atoms with E-state index in [1.165, 1.54) is 0 Å². The molecule has 3 atom stereocenters. The van der Waals surface area contributed by atoms with Gasteiger partial charge in [-0.05, 0) is 6.92 Å². The zero-order valence-electron chi connectivity index (χ0n) is 12.5. The van der Waals surface area contributed by atoms with Gasteiger partial charge in [-0.25, -0.2) is 17.6 Å². The van der Waals surface area contributed by atoms with Gasteiger partial charge in [-0.2, -0.15) is 18.4 Å². The van der Waals surface area contributed by atoms with Gasteiger partial charge in [0.2, 0.25) is 0 Å². The fraction of sp³-hybridized carbons (Fsp3) is 0.500. The molecule has 1 saturated heterocycles. The van der Waals surface area contributed by atoms with Gasteiger partial charge in [0, 0.05) is 0 Å². The summed E-state index contributed by atoms with van der Waals surface area (Å²) in [5.41, 5.74) is -3.22. The lowest BCUT2D eigenvalue weighted by Gasteiger charge is -2.35. The third kappa shape index (κ3) is 3.56. The summed E-state index contributed by atoms with van der Waals surface area (Å²) in [4.78, 5) is 0. The van der Waals surface area contributed by atoms with Crippen molar-refractivity contribution in [2.75, 3.05) is 13.6 Å².